The number of benzene rings is 1. The number of rotatable bonds is 3. The van der Waals surface area contributed by atoms with Gasteiger partial charge in [-0.15, -0.1) is 0 Å². The van der Waals surface area contributed by atoms with Gasteiger partial charge in [-0.05, 0) is 23.8 Å². The predicted octanol–water partition coefficient (Wildman–Crippen LogP) is 2.50. The highest BCUT2D eigenvalue weighted by atomic mass is 35.5. The third kappa shape index (κ3) is 2.91. The zero-order valence-electron chi connectivity index (χ0n) is 8.80. The SMILES string of the molecule is CC(C)(CN)C(O)c1cc(F)cc(Cl)c1. The monoisotopic (exact) mass is 231 g/mol. The van der Waals surface area contributed by atoms with Crippen molar-refractivity contribution >= 4 is 11.6 Å². The second-order valence-corrected chi connectivity index (χ2v) is 4.73. The van der Waals surface area contributed by atoms with Crippen molar-refractivity contribution in [3.63, 3.8) is 0 Å². The molecule has 0 aliphatic carbocycles. The molecule has 0 heterocycles. The number of halogens is 2. The molecule has 0 aliphatic rings. The van der Waals surface area contributed by atoms with Crippen molar-refractivity contribution in [3.05, 3.63) is 34.6 Å². The van der Waals surface area contributed by atoms with Crippen LogP contribution in [0.2, 0.25) is 5.02 Å². The Hall–Kier alpha value is -0.640. The first kappa shape index (κ1) is 12.4. The molecule has 84 valence electrons. The van der Waals surface area contributed by atoms with Gasteiger partial charge >= 0.3 is 0 Å². The van der Waals surface area contributed by atoms with E-state index in [0.717, 1.165) is 0 Å². The standard InChI is InChI=1S/C11H15ClFNO/c1-11(2,6-14)10(15)7-3-8(12)5-9(13)4-7/h3-5,10,15H,6,14H2,1-2H3. The predicted molar refractivity (Wildman–Crippen MR) is 59.2 cm³/mol. The van der Waals surface area contributed by atoms with Crippen molar-refractivity contribution in [1.29, 1.82) is 0 Å². The number of aliphatic hydroxyl groups excluding tert-OH is 1. The van der Waals surface area contributed by atoms with Crippen LogP contribution in [0.15, 0.2) is 18.2 Å². The highest BCUT2D eigenvalue weighted by Crippen LogP contribution is 2.33. The Labute approximate surface area is 93.9 Å². The number of hydrogen-bond acceptors (Lipinski definition) is 2. The molecule has 1 atom stereocenters. The third-order valence-corrected chi connectivity index (χ3v) is 2.69. The van der Waals surface area contributed by atoms with Gasteiger partial charge in [0.1, 0.15) is 5.82 Å². The first-order chi connectivity index (χ1) is 6.86. The second kappa shape index (κ2) is 4.47. The molecule has 0 bridgehead atoms. The van der Waals surface area contributed by atoms with E-state index in [1.165, 1.54) is 12.1 Å². The zero-order valence-corrected chi connectivity index (χ0v) is 9.55. The number of hydrogen-bond donors (Lipinski definition) is 2. The van der Waals surface area contributed by atoms with Gasteiger partial charge in [0.2, 0.25) is 0 Å². The molecule has 4 heteroatoms. The summed E-state index contributed by atoms with van der Waals surface area (Å²) in [6, 6.07) is 4.02. The van der Waals surface area contributed by atoms with Crippen LogP contribution in [0.5, 0.6) is 0 Å². The summed E-state index contributed by atoms with van der Waals surface area (Å²) in [5.74, 6) is -0.454. The van der Waals surface area contributed by atoms with E-state index in [9.17, 15) is 9.50 Å². The van der Waals surface area contributed by atoms with Gasteiger partial charge in [0.15, 0.2) is 0 Å². The summed E-state index contributed by atoms with van der Waals surface area (Å²) < 4.78 is 13.1. The van der Waals surface area contributed by atoms with Crippen LogP contribution in [0, 0.1) is 11.2 Å². The van der Waals surface area contributed by atoms with Crippen molar-refractivity contribution in [3.8, 4) is 0 Å². The molecule has 0 aromatic heterocycles. The fraction of sp³-hybridized carbons (Fsp3) is 0.455. The van der Waals surface area contributed by atoms with Crippen LogP contribution in [0.4, 0.5) is 4.39 Å². The summed E-state index contributed by atoms with van der Waals surface area (Å²) in [5.41, 5.74) is 5.49. The van der Waals surface area contributed by atoms with E-state index in [4.69, 9.17) is 17.3 Å². The lowest BCUT2D eigenvalue weighted by Gasteiger charge is -2.29. The van der Waals surface area contributed by atoms with Crippen molar-refractivity contribution < 1.29 is 9.50 Å². The van der Waals surface area contributed by atoms with Crippen LogP contribution in [0.3, 0.4) is 0 Å². The molecule has 0 amide bonds. The maximum Gasteiger partial charge on any atom is 0.125 e. The molecule has 0 saturated heterocycles. The molecule has 0 spiro atoms. The quantitative estimate of drug-likeness (QED) is 0.840. The van der Waals surface area contributed by atoms with E-state index in [0.29, 0.717) is 12.1 Å². The minimum atomic E-state index is -0.823. The van der Waals surface area contributed by atoms with Crippen LogP contribution in [-0.2, 0) is 0 Å². The van der Waals surface area contributed by atoms with Gasteiger partial charge in [-0.3, -0.25) is 0 Å². The Bertz CT molecular complexity index is 334. The van der Waals surface area contributed by atoms with E-state index >= 15 is 0 Å². The fourth-order valence-electron chi connectivity index (χ4n) is 1.30. The summed E-state index contributed by atoms with van der Waals surface area (Å²) in [6.07, 6.45) is -0.823. The van der Waals surface area contributed by atoms with Crippen molar-refractivity contribution in [2.75, 3.05) is 6.54 Å². The Balaban J connectivity index is 3.06. The van der Waals surface area contributed by atoms with Crippen LogP contribution < -0.4 is 5.73 Å². The minimum absolute atomic E-state index is 0.275. The fourth-order valence-corrected chi connectivity index (χ4v) is 1.53. The lowest BCUT2D eigenvalue weighted by Crippen LogP contribution is -2.30. The van der Waals surface area contributed by atoms with E-state index < -0.39 is 17.3 Å². The largest absolute Gasteiger partial charge is 0.388 e. The third-order valence-electron chi connectivity index (χ3n) is 2.47. The summed E-state index contributed by atoms with van der Waals surface area (Å²) in [7, 11) is 0. The Morgan fingerprint density at radius 3 is 2.53 bits per heavy atom. The smallest absolute Gasteiger partial charge is 0.125 e. The lowest BCUT2D eigenvalue weighted by molar-refractivity contribution is 0.0553. The van der Waals surface area contributed by atoms with Gasteiger partial charge in [0, 0.05) is 17.0 Å². The Morgan fingerprint density at radius 1 is 1.47 bits per heavy atom. The van der Waals surface area contributed by atoms with Gasteiger partial charge in [-0.25, -0.2) is 4.39 Å². The Kier molecular flexibility index (Phi) is 3.71. The molecule has 0 fully saturated rings. The molecule has 1 aromatic rings. The highest BCUT2D eigenvalue weighted by molar-refractivity contribution is 6.30. The van der Waals surface area contributed by atoms with Gasteiger partial charge in [0.05, 0.1) is 6.10 Å². The van der Waals surface area contributed by atoms with Crippen molar-refractivity contribution in [2.24, 2.45) is 11.1 Å². The maximum absolute atomic E-state index is 13.1. The van der Waals surface area contributed by atoms with Crippen LogP contribution in [-0.4, -0.2) is 11.7 Å². The van der Waals surface area contributed by atoms with Crippen molar-refractivity contribution in [1.82, 2.24) is 0 Å². The number of aliphatic hydroxyl groups is 1. The molecule has 15 heavy (non-hydrogen) atoms. The van der Waals surface area contributed by atoms with E-state index in [-0.39, 0.29) is 5.02 Å². The van der Waals surface area contributed by atoms with E-state index in [2.05, 4.69) is 0 Å². The maximum atomic E-state index is 13.1. The lowest BCUT2D eigenvalue weighted by atomic mass is 9.83. The normalized spacial score (nSPS) is 14.0. The van der Waals surface area contributed by atoms with E-state index in [1.54, 1.807) is 6.07 Å². The van der Waals surface area contributed by atoms with E-state index in [1.807, 2.05) is 13.8 Å². The summed E-state index contributed by atoms with van der Waals surface area (Å²) in [4.78, 5) is 0. The van der Waals surface area contributed by atoms with Crippen molar-refractivity contribution in [2.45, 2.75) is 20.0 Å². The van der Waals surface area contributed by atoms with Crippen LogP contribution >= 0.6 is 11.6 Å². The van der Waals surface area contributed by atoms with Gasteiger partial charge in [-0.2, -0.15) is 0 Å². The zero-order chi connectivity index (χ0) is 11.6. The molecule has 1 rings (SSSR count). The minimum Gasteiger partial charge on any atom is -0.388 e. The summed E-state index contributed by atoms with van der Waals surface area (Å²) in [6.45, 7) is 3.94. The van der Waals surface area contributed by atoms with Gasteiger partial charge in [0.25, 0.3) is 0 Å². The molecule has 1 aromatic carbocycles. The number of nitrogens with two attached hydrogens (primary N) is 1. The first-order valence-corrected chi connectivity index (χ1v) is 5.09. The summed E-state index contributed by atoms with van der Waals surface area (Å²) in [5, 5.41) is 10.3. The average molecular weight is 232 g/mol. The van der Waals surface area contributed by atoms with Crippen LogP contribution in [0.1, 0.15) is 25.5 Å². The first-order valence-electron chi connectivity index (χ1n) is 4.71. The molecule has 3 N–H and O–H groups in total. The molecule has 1 unspecified atom stereocenters. The average Bonchev–Trinajstić information content (AvgIpc) is 2.15. The molecule has 0 saturated carbocycles. The summed E-state index contributed by atoms with van der Waals surface area (Å²) >= 11 is 5.71. The molecule has 0 aliphatic heterocycles. The molecular formula is C11H15ClFNO. The topological polar surface area (TPSA) is 46.2 Å². The van der Waals surface area contributed by atoms with Gasteiger partial charge < -0.3 is 10.8 Å². The van der Waals surface area contributed by atoms with Crippen LogP contribution in [0.25, 0.3) is 0 Å². The molecule has 0 radical (unpaired) electrons. The highest BCUT2D eigenvalue weighted by Gasteiger charge is 2.28. The Morgan fingerprint density at radius 2 is 2.07 bits per heavy atom. The molecule has 2 nitrogen and oxygen atoms in total. The molecular weight excluding hydrogens is 217 g/mol. The second-order valence-electron chi connectivity index (χ2n) is 4.30. The van der Waals surface area contributed by atoms with Gasteiger partial charge in [-0.1, -0.05) is 25.4 Å².